The minimum absolute atomic E-state index is 0.192. The number of alkyl halides is 2. The lowest BCUT2D eigenvalue weighted by Gasteiger charge is -2.20. The van der Waals surface area contributed by atoms with Crippen molar-refractivity contribution in [3.05, 3.63) is 47.5 Å². The number of nitrogens with zero attached hydrogens (tertiary/aromatic N) is 3. The number of anilines is 1. The SMILES string of the molecule is O=C(O)c1ccc2c(c1)N(Cc1nccn1C(F)F)CC2. The van der Waals surface area contributed by atoms with Crippen LogP contribution in [-0.4, -0.2) is 27.2 Å². The number of hydrogen-bond acceptors (Lipinski definition) is 3. The molecule has 110 valence electrons. The standard InChI is InChI=1S/C14H13F2N3O2/c15-14(16)19-6-4-17-12(19)8-18-5-3-9-1-2-10(13(20)21)7-11(9)18/h1-2,4,6-7,14H,3,5,8H2,(H,20,21). The van der Waals surface area contributed by atoms with E-state index in [0.29, 0.717) is 6.54 Å². The summed E-state index contributed by atoms with van der Waals surface area (Å²) in [6.45, 7) is -1.74. The number of aromatic carboxylic acids is 1. The Balaban J connectivity index is 1.88. The lowest BCUT2D eigenvalue weighted by molar-refractivity contribution is 0.0668. The predicted molar refractivity (Wildman–Crippen MR) is 71.6 cm³/mol. The molecule has 2 aromatic rings. The quantitative estimate of drug-likeness (QED) is 0.941. The molecule has 5 nitrogen and oxygen atoms in total. The van der Waals surface area contributed by atoms with E-state index in [1.807, 2.05) is 4.90 Å². The summed E-state index contributed by atoms with van der Waals surface area (Å²) < 4.78 is 26.5. The van der Waals surface area contributed by atoms with Crippen molar-refractivity contribution in [1.82, 2.24) is 9.55 Å². The Morgan fingerprint density at radius 1 is 1.43 bits per heavy atom. The molecule has 0 spiro atoms. The van der Waals surface area contributed by atoms with Gasteiger partial charge in [-0.2, -0.15) is 8.78 Å². The summed E-state index contributed by atoms with van der Waals surface area (Å²) >= 11 is 0. The minimum atomic E-state index is -2.63. The third-order valence-corrected chi connectivity index (χ3v) is 3.62. The van der Waals surface area contributed by atoms with Gasteiger partial charge in [0.2, 0.25) is 0 Å². The van der Waals surface area contributed by atoms with Crippen LogP contribution in [0.3, 0.4) is 0 Å². The molecule has 0 atom stereocenters. The molecule has 2 heterocycles. The number of rotatable bonds is 4. The second kappa shape index (κ2) is 5.16. The van der Waals surface area contributed by atoms with Crippen LogP contribution in [0.2, 0.25) is 0 Å². The number of fused-ring (bicyclic) bond motifs is 1. The van der Waals surface area contributed by atoms with Gasteiger partial charge in [-0.3, -0.25) is 4.57 Å². The van der Waals surface area contributed by atoms with Crippen LogP contribution in [0.4, 0.5) is 14.5 Å². The highest BCUT2D eigenvalue weighted by Gasteiger charge is 2.23. The Morgan fingerprint density at radius 3 is 2.95 bits per heavy atom. The third-order valence-electron chi connectivity index (χ3n) is 3.62. The average Bonchev–Trinajstić information content (AvgIpc) is 3.06. The van der Waals surface area contributed by atoms with Crippen LogP contribution in [0.25, 0.3) is 0 Å². The van der Waals surface area contributed by atoms with E-state index < -0.39 is 12.5 Å². The number of carboxylic acid groups (broad SMARTS) is 1. The van der Waals surface area contributed by atoms with Gasteiger partial charge >= 0.3 is 12.5 Å². The fraction of sp³-hybridized carbons (Fsp3) is 0.286. The van der Waals surface area contributed by atoms with E-state index >= 15 is 0 Å². The van der Waals surface area contributed by atoms with Crippen LogP contribution in [0.1, 0.15) is 28.3 Å². The maximum absolute atomic E-state index is 12.8. The topological polar surface area (TPSA) is 58.4 Å². The molecule has 7 heteroatoms. The maximum atomic E-state index is 12.8. The average molecular weight is 293 g/mol. The summed E-state index contributed by atoms with van der Waals surface area (Å²) in [5.41, 5.74) is 1.99. The van der Waals surface area contributed by atoms with Crippen molar-refractivity contribution in [1.29, 1.82) is 0 Å². The molecule has 0 fully saturated rings. The van der Waals surface area contributed by atoms with Crippen molar-refractivity contribution in [3.8, 4) is 0 Å². The van der Waals surface area contributed by atoms with Crippen LogP contribution >= 0.6 is 0 Å². The van der Waals surface area contributed by atoms with Crippen LogP contribution in [-0.2, 0) is 13.0 Å². The summed E-state index contributed by atoms with van der Waals surface area (Å²) in [6, 6.07) is 4.92. The van der Waals surface area contributed by atoms with Gasteiger partial charge in [0.25, 0.3) is 0 Å². The Bertz CT molecular complexity index is 685. The Morgan fingerprint density at radius 2 is 2.24 bits per heavy atom. The summed E-state index contributed by atoms with van der Waals surface area (Å²) in [5.74, 6) is -0.739. The van der Waals surface area contributed by atoms with Crippen LogP contribution in [0, 0.1) is 0 Å². The van der Waals surface area contributed by atoms with E-state index in [-0.39, 0.29) is 17.9 Å². The summed E-state index contributed by atoms with van der Waals surface area (Å²) in [4.78, 5) is 16.9. The van der Waals surface area contributed by atoms with Gasteiger partial charge in [-0.15, -0.1) is 0 Å². The molecule has 1 aliphatic heterocycles. The highest BCUT2D eigenvalue weighted by molar-refractivity contribution is 5.89. The number of aromatic nitrogens is 2. The lowest BCUT2D eigenvalue weighted by Crippen LogP contribution is -2.22. The molecule has 3 rings (SSSR count). The molecule has 0 aliphatic carbocycles. The van der Waals surface area contributed by atoms with Crippen LogP contribution < -0.4 is 4.90 Å². The van der Waals surface area contributed by atoms with Gasteiger partial charge < -0.3 is 10.0 Å². The molecule has 1 N–H and O–H groups in total. The maximum Gasteiger partial charge on any atom is 0.335 e. The molecule has 1 aromatic heterocycles. The molecule has 0 amide bonds. The van der Waals surface area contributed by atoms with Crippen molar-refractivity contribution in [3.63, 3.8) is 0 Å². The second-order valence-corrected chi connectivity index (χ2v) is 4.85. The fourth-order valence-corrected chi connectivity index (χ4v) is 2.56. The van der Waals surface area contributed by atoms with E-state index in [9.17, 15) is 13.6 Å². The molecule has 0 saturated heterocycles. The van der Waals surface area contributed by atoms with Crippen LogP contribution in [0.5, 0.6) is 0 Å². The zero-order valence-corrected chi connectivity index (χ0v) is 11.0. The zero-order chi connectivity index (χ0) is 15.0. The van der Waals surface area contributed by atoms with Gasteiger partial charge in [0.05, 0.1) is 12.1 Å². The van der Waals surface area contributed by atoms with Gasteiger partial charge in [-0.1, -0.05) is 6.07 Å². The molecule has 0 unspecified atom stereocenters. The first kappa shape index (κ1) is 13.5. The lowest BCUT2D eigenvalue weighted by atomic mass is 10.1. The predicted octanol–water partition coefficient (Wildman–Crippen LogP) is 2.54. The van der Waals surface area contributed by atoms with Gasteiger partial charge in [0.1, 0.15) is 5.82 Å². The molecular formula is C14H13F2N3O2. The summed E-state index contributed by atoms with van der Waals surface area (Å²) in [6.07, 6.45) is 3.35. The molecule has 0 bridgehead atoms. The molecular weight excluding hydrogens is 280 g/mol. The number of imidazole rings is 1. The molecule has 1 aromatic carbocycles. The van der Waals surface area contributed by atoms with E-state index in [4.69, 9.17) is 5.11 Å². The zero-order valence-electron chi connectivity index (χ0n) is 11.0. The monoisotopic (exact) mass is 293 g/mol. The van der Waals surface area contributed by atoms with Gasteiger partial charge in [-0.25, -0.2) is 9.78 Å². The summed E-state index contributed by atoms with van der Waals surface area (Å²) in [5, 5.41) is 9.04. The number of benzene rings is 1. The number of halogens is 2. The van der Waals surface area contributed by atoms with Gasteiger partial charge in [-0.05, 0) is 24.1 Å². The first-order valence-electron chi connectivity index (χ1n) is 6.47. The number of carboxylic acids is 1. The van der Waals surface area contributed by atoms with E-state index in [1.54, 1.807) is 18.2 Å². The van der Waals surface area contributed by atoms with Crippen molar-refractivity contribution < 1.29 is 18.7 Å². The van der Waals surface area contributed by atoms with E-state index in [1.165, 1.54) is 12.4 Å². The van der Waals surface area contributed by atoms with Crippen molar-refractivity contribution in [2.45, 2.75) is 19.5 Å². The molecule has 0 radical (unpaired) electrons. The highest BCUT2D eigenvalue weighted by Crippen LogP contribution is 2.30. The van der Waals surface area contributed by atoms with Gasteiger partial charge in [0, 0.05) is 24.6 Å². The largest absolute Gasteiger partial charge is 0.478 e. The minimum Gasteiger partial charge on any atom is -0.478 e. The van der Waals surface area contributed by atoms with Gasteiger partial charge in [0.15, 0.2) is 0 Å². The Kier molecular flexibility index (Phi) is 3.32. The second-order valence-electron chi connectivity index (χ2n) is 4.85. The first-order chi connectivity index (χ1) is 10.1. The first-order valence-corrected chi connectivity index (χ1v) is 6.47. The molecule has 1 aliphatic rings. The highest BCUT2D eigenvalue weighted by atomic mass is 19.3. The normalized spacial score (nSPS) is 13.8. The fourth-order valence-electron chi connectivity index (χ4n) is 2.56. The van der Waals surface area contributed by atoms with Crippen molar-refractivity contribution >= 4 is 11.7 Å². The third kappa shape index (κ3) is 2.46. The molecule has 21 heavy (non-hydrogen) atoms. The van der Waals surface area contributed by atoms with E-state index in [0.717, 1.165) is 22.2 Å². The van der Waals surface area contributed by atoms with E-state index in [2.05, 4.69) is 4.98 Å². The Hall–Kier alpha value is -2.44. The number of hydrogen-bond donors (Lipinski definition) is 1. The van der Waals surface area contributed by atoms with Crippen LogP contribution in [0.15, 0.2) is 30.6 Å². The number of carbonyl (C=O) groups is 1. The molecule has 0 saturated carbocycles. The van der Waals surface area contributed by atoms with Crippen molar-refractivity contribution in [2.24, 2.45) is 0 Å². The summed E-state index contributed by atoms with van der Waals surface area (Å²) in [7, 11) is 0. The Labute approximate surface area is 119 Å². The smallest absolute Gasteiger partial charge is 0.335 e. The van der Waals surface area contributed by atoms with Crippen molar-refractivity contribution in [2.75, 3.05) is 11.4 Å².